The van der Waals surface area contributed by atoms with Crippen molar-refractivity contribution in [3.8, 4) is 41.8 Å². The number of thiophene rings is 2. The van der Waals surface area contributed by atoms with Crippen LogP contribution in [0.5, 0.6) is 0 Å². The first-order chi connectivity index (χ1) is 17.8. The van der Waals surface area contributed by atoms with E-state index in [1.54, 1.807) is 0 Å². The van der Waals surface area contributed by atoms with E-state index in [0.29, 0.717) is 0 Å². The Hall–Kier alpha value is -3.02. The zero-order chi connectivity index (χ0) is 24.2. The molecule has 0 amide bonds. The topological polar surface area (TPSA) is 0 Å². The van der Waals surface area contributed by atoms with Crippen LogP contribution in [-0.4, -0.2) is 0 Å². The molecule has 174 valence electrons. The summed E-state index contributed by atoms with van der Waals surface area (Å²) in [6.45, 7) is 0. The average Bonchev–Trinajstić information content (AvgIpc) is 3.59. The van der Waals surface area contributed by atoms with Gasteiger partial charge in [0.25, 0.3) is 0 Å². The molecule has 4 aromatic carbocycles. The third-order valence-electron chi connectivity index (χ3n) is 5.81. The van der Waals surface area contributed by atoms with Crippen molar-refractivity contribution in [3.63, 3.8) is 0 Å². The molecule has 2 heterocycles. The maximum absolute atomic E-state index is 2.35. The van der Waals surface area contributed by atoms with Crippen molar-refractivity contribution >= 4 is 44.3 Å². The lowest BCUT2D eigenvalue weighted by Gasteiger charge is -2.05. The van der Waals surface area contributed by atoms with Crippen molar-refractivity contribution in [2.75, 3.05) is 0 Å². The molecule has 36 heavy (non-hydrogen) atoms. The van der Waals surface area contributed by atoms with Gasteiger partial charge in [0.05, 0.1) is 0 Å². The van der Waals surface area contributed by atoms with E-state index in [2.05, 4.69) is 133 Å². The maximum atomic E-state index is 2.35. The van der Waals surface area contributed by atoms with Crippen LogP contribution in [-0.2, 0) is 0 Å². The number of hydrogen-bond donors (Lipinski definition) is 0. The Balaban J connectivity index is 1.38. The van der Waals surface area contributed by atoms with Crippen LogP contribution in [0.15, 0.2) is 143 Å². The summed E-state index contributed by atoms with van der Waals surface area (Å²) >= 11 is 3.74. The normalized spacial score (nSPS) is 11.0. The summed E-state index contributed by atoms with van der Waals surface area (Å²) in [4.78, 5) is 7.87. The van der Waals surface area contributed by atoms with Gasteiger partial charge in [-0.1, -0.05) is 143 Å². The molecule has 0 spiro atoms. The van der Waals surface area contributed by atoms with Crippen molar-refractivity contribution in [3.05, 3.63) is 133 Å². The highest BCUT2D eigenvalue weighted by molar-refractivity contribution is 8.76. The van der Waals surface area contributed by atoms with Crippen molar-refractivity contribution in [2.24, 2.45) is 0 Å². The van der Waals surface area contributed by atoms with Gasteiger partial charge in [-0.05, 0) is 34.4 Å². The van der Waals surface area contributed by atoms with Crippen LogP contribution in [0.1, 0.15) is 0 Å². The lowest BCUT2D eigenvalue weighted by Crippen LogP contribution is -1.75. The van der Waals surface area contributed by atoms with Gasteiger partial charge in [-0.25, -0.2) is 0 Å². The van der Waals surface area contributed by atoms with Crippen molar-refractivity contribution in [1.82, 2.24) is 0 Å². The zero-order valence-corrected chi connectivity index (χ0v) is 22.6. The van der Waals surface area contributed by atoms with Crippen LogP contribution < -0.4 is 0 Å². The van der Waals surface area contributed by atoms with Crippen LogP contribution in [0.2, 0.25) is 0 Å². The summed E-state index contributed by atoms with van der Waals surface area (Å²) < 4.78 is 0. The van der Waals surface area contributed by atoms with E-state index in [-0.39, 0.29) is 0 Å². The van der Waals surface area contributed by atoms with Crippen LogP contribution >= 0.6 is 44.3 Å². The van der Waals surface area contributed by atoms with Crippen molar-refractivity contribution in [1.29, 1.82) is 0 Å². The van der Waals surface area contributed by atoms with Crippen molar-refractivity contribution in [2.45, 2.75) is 9.79 Å². The Bertz CT molecular complexity index is 1430. The van der Waals surface area contributed by atoms with E-state index in [4.69, 9.17) is 0 Å². The fourth-order valence-electron chi connectivity index (χ4n) is 4.03. The largest absolute Gasteiger partial charge is 0.134 e. The summed E-state index contributed by atoms with van der Waals surface area (Å²) in [7, 11) is 3.72. The van der Waals surface area contributed by atoms with Crippen LogP contribution in [0.3, 0.4) is 0 Å². The number of rotatable bonds is 7. The second-order valence-electron chi connectivity index (χ2n) is 8.24. The van der Waals surface area contributed by atoms with E-state index in [0.717, 1.165) is 0 Å². The molecule has 0 atom stereocenters. The zero-order valence-electron chi connectivity index (χ0n) is 19.3. The minimum absolute atomic E-state index is 1.27. The van der Waals surface area contributed by atoms with Crippen molar-refractivity contribution < 1.29 is 0 Å². The first-order valence-corrected chi connectivity index (χ1v) is 15.5. The van der Waals surface area contributed by atoms with E-state index >= 15 is 0 Å². The van der Waals surface area contributed by atoms with Crippen LogP contribution in [0.25, 0.3) is 41.8 Å². The van der Waals surface area contributed by atoms with E-state index < -0.39 is 0 Å². The van der Waals surface area contributed by atoms with Gasteiger partial charge < -0.3 is 0 Å². The SMILES string of the molecule is c1ccc(-c2cc(SSc3cc(-c4ccccc4)sc3-c3ccccc3)c(-c3ccccc3)s2)cc1. The van der Waals surface area contributed by atoms with Gasteiger partial charge in [0, 0.05) is 29.3 Å². The lowest BCUT2D eigenvalue weighted by molar-refractivity contribution is 1.55. The Kier molecular flexibility index (Phi) is 7.10. The van der Waals surface area contributed by atoms with Gasteiger partial charge >= 0.3 is 0 Å². The minimum Gasteiger partial charge on any atom is -0.134 e. The van der Waals surface area contributed by atoms with Crippen LogP contribution in [0, 0.1) is 0 Å². The summed E-state index contributed by atoms with van der Waals surface area (Å²) in [6.07, 6.45) is 0. The molecule has 0 nitrogen and oxygen atoms in total. The van der Waals surface area contributed by atoms with E-state index in [1.165, 1.54) is 51.6 Å². The molecule has 0 bridgehead atoms. The second kappa shape index (κ2) is 10.9. The van der Waals surface area contributed by atoms with E-state index in [1.807, 2.05) is 44.3 Å². The fourth-order valence-corrected chi connectivity index (χ4v) is 9.35. The van der Waals surface area contributed by atoms with Gasteiger partial charge in [-0.15, -0.1) is 22.7 Å². The molecule has 0 radical (unpaired) electrons. The molecule has 0 saturated carbocycles. The highest BCUT2D eigenvalue weighted by atomic mass is 33.1. The van der Waals surface area contributed by atoms with Crippen LogP contribution in [0.4, 0.5) is 0 Å². The van der Waals surface area contributed by atoms with Gasteiger partial charge in [-0.2, -0.15) is 0 Å². The maximum Gasteiger partial charge on any atom is 0.0494 e. The summed E-state index contributed by atoms with van der Waals surface area (Å²) in [5.41, 5.74) is 5.07. The van der Waals surface area contributed by atoms with Gasteiger partial charge in [0.2, 0.25) is 0 Å². The molecular weight excluding hydrogens is 513 g/mol. The molecule has 0 N–H and O–H groups in total. The smallest absolute Gasteiger partial charge is 0.0494 e. The predicted molar refractivity (Wildman–Crippen MR) is 162 cm³/mol. The molecule has 0 aliphatic heterocycles. The second-order valence-corrected chi connectivity index (χ2v) is 12.6. The highest BCUT2D eigenvalue weighted by Gasteiger charge is 2.17. The monoisotopic (exact) mass is 534 g/mol. The summed E-state index contributed by atoms with van der Waals surface area (Å²) in [5.74, 6) is 0. The number of benzene rings is 4. The Morgan fingerprint density at radius 3 is 1.00 bits per heavy atom. The molecule has 0 aliphatic rings. The number of hydrogen-bond acceptors (Lipinski definition) is 4. The molecule has 0 unspecified atom stereocenters. The third kappa shape index (κ3) is 5.09. The minimum atomic E-state index is 1.27. The van der Waals surface area contributed by atoms with Gasteiger partial charge in [0.15, 0.2) is 0 Å². The standard InChI is InChI=1S/C32H22S4/c1-5-13-23(14-6-1)27-21-29(31(33-27)25-17-9-3-10-18-25)35-36-30-22-28(24-15-7-2-8-16-24)34-32(30)26-19-11-4-12-20-26/h1-22H. The molecule has 4 heteroatoms. The Morgan fingerprint density at radius 1 is 0.361 bits per heavy atom. The molecule has 0 aliphatic carbocycles. The Labute approximate surface area is 228 Å². The molecule has 2 aromatic heterocycles. The molecule has 6 rings (SSSR count). The quantitative estimate of drug-likeness (QED) is 0.187. The predicted octanol–water partition coefficient (Wildman–Crippen LogP) is 11.3. The summed E-state index contributed by atoms with van der Waals surface area (Å²) in [5, 5.41) is 0. The summed E-state index contributed by atoms with van der Waals surface area (Å²) in [6, 6.07) is 47.6. The molecule has 0 fully saturated rings. The molecular formula is C32H22S4. The Morgan fingerprint density at radius 2 is 0.667 bits per heavy atom. The van der Waals surface area contributed by atoms with Gasteiger partial charge in [0.1, 0.15) is 0 Å². The molecule has 0 saturated heterocycles. The average molecular weight is 535 g/mol. The first-order valence-electron chi connectivity index (χ1n) is 11.7. The highest BCUT2D eigenvalue weighted by Crippen LogP contribution is 2.52. The third-order valence-corrected chi connectivity index (χ3v) is 10.9. The molecule has 6 aromatic rings. The van der Waals surface area contributed by atoms with Gasteiger partial charge in [-0.3, -0.25) is 0 Å². The first kappa shape index (κ1) is 23.4. The lowest BCUT2D eigenvalue weighted by atomic mass is 10.1. The van der Waals surface area contributed by atoms with E-state index in [9.17, 15) is 0 Å². The fraction of sp³-hybridized carbons (Fsp3) is 0.